The first kappa shape index (κ1) is 15.4. The molecule has 2 rings (SSSR count). The monoisotopic (exact) mass is 359 g/mol. The van der Waals surface area contributed by atoms with E-state index in [0.29, 0.717) is 5.69 Å². The minimum absolute atomic E-state index is 0.0160. The number of carbonyl (C=O) groups excluding carboxylic acids is 1. The molecule has 2 aromatic carbocycles. The summed E-state index contributed by atoms with van der Waals surface area (Å²) in [6, 6.07) is 9.37. The van der Waals surface area contributed by atoms with Crippen LogP contribution in [0.4, 0.5) is 18.9 Å². The first-order valence-electron chi connectivity index (χ1n) is 5.77. The molecule has 0 saturated carbocycles. The number of halogens is 4. The van der Waals surface area contributed by atoms with Crippen LogP contribution in [0.15, 0.2) is 46.9 Å². The Balaban J connectivity index is 2.06. The molecular formula is C14H9BrF3NO2. The lowest BCUT2D eigenvalue weighted by molar-refractivity contribution is -0.0498. The molecule has 0 atom stereocenters. The van der Waals surface area contributed by atoms with Gasteiger partial charge in [0, 0.05) is 11.3 Å². The molecule has 0 fully saturated rings. The Morgan fingerprint density at radius 2 is 1.81 bits per heavy atom. The summed E-state index contributed by atoms with van der Waals surface area (Å²) in [7, 11) is 0. The largest absolute Gasteiger partial charge is 0.435 e. The number of benzene rings is 2. The molecular weight excluding hydrogens is 351 g/mol. The molecule has 3 nitrogen and oxygen atoms in total. The summed E-state index contributed by atoms with van der Waals surface area (Å²) >= 11 is 2.99. The second-order valence-electron chi connectivity index (χ2n) is 3.99. The van der Waals surface area contributed by atoms with E-state index in [1.807, 2.05) is 0 Å². The maximum Gasteiger partial charge on any atom is 0.387 e. The molecule has 0 aliphatic carbocycles. The molecule has 0 bridgehead atoms. The summed E-state index contributed by atoms with van der Waals surface area (Å²) in [6.07, 6.45) is 0. The molecule has 1 N–H and O–H groups in total. The van der Waals surface area contributed by atoms with Gasteiger partial charge in [-0.1, -0.05) is 0 Å². The number of anilines is 1. The van der Waals surface area contributed by atoms with Crippen molar-refractivity contribution in [1.29, 1.82) is 0 Å². The van der Waals surface area contributed by atoms with Crippen LogP contribution >= 0.6 is 15.9 Å². The molecule has 1 amide bonds. The average Bonchev–Trinajstić information content (AvgIpc) is 2.43. The van der Waals surface area contributed by atoms with Crippen molar-refractivity contribution in [3.8, 4) is 5.75 Å². The fourth-order valence-corrected chi connectivity index (χ4v) is 1.81. The Bertz CT molecular complexity index is 647. The van der Waals surface area contributed by atoms with Gasteiger partial charge in [0.2, 0.25) is 0 Å². The molecule has 0 saturated heterocycles. The molecule has 21 heavy (non-hydrogen) atoms. The number of rotatable bonds is 4. The van der Waals surface area contributed by atoms with Crippen LogP contribution in [0.1, 0.15) is 10.4 Å². The molecule has 0 heterocycles. The summed E-state index contributed by atoms with van der Waals surface area (Å²) in [6.45, 7) is -2.91. The summed E-state index contributed by atoms with van der Waals surface area (Å²) in [4.78, 5) is 11.9. The molecule has 0 aliphatic rings. The summed E-state index contributed by atoms with van der Waals surface area (Å²) < 4.78 is 41.8. The predicted octanol–water partition coefficient (Wildman–Crippen LogP) is 4.44. The third-order valence-corrected chi connectivity index (χ3v) is 3.16. The van der Waals surface area contributed by atoms with Crippen molar-refractivity contribution in [1.82, 2.24) is 0 Å². The molecule has 2 aromatic rings. The normalized spacial score (nSPS) is 10.5. The van der Waals surface area contributed by atoms with Crippen molar-refractivity contribution >= 4 is 27.5 Å². The molecule has 110 valence electrons. The van der Waals surface area contributed by atoms with Gasteiger partial charge in [-0.15, -0.1) is 0 Å². The van der Waals surface area contributed by atoms with Gasteiger partial charge in [-0.05, 0) is 58.4 Å². The summed E-state index contributed by atoms with van der Waals surface area (Å²) in [5, 5.41) is 2.52. The van der Waals surface area contributed by atoms with Crippen LogP contribution in [0.5, 0.6) is 5.75 Å². The van der Waals surface area contributed by atoms with Gasteiger partial charge in [0.25, 0.3) is 5.91 Å². The van der Waals surface area contributed by atoms with Gasteiger partial charge in [0.05, 0.1) is 4.47 Å². The maximum absolute atomic E-state index is 13.3. The van der Waals surface area contributed by atoms with Crippen LogP contribution in [0, 0.1) is 5.82 Å². The Labute approximate surface area is 126 Å². The summed E-state index contributed by atoms with van der Waals surface area (Å²) in [5.41, 5.74) is 0.522. The highest BCUT2D eigenvalue weighted by Crippen LogP contribution is 2.20. The van der Waals surface area contributed by atoms with Crippen molar-refractivity contribution in [2.45, 2.75) is 6.61 Å². The molecule has 7 heteroatoms. The Kier molecular flexibility index (Phi) is 4.85. The van der Waals surface area contributed by atoms with E-state index >= 15 is 0 Å². The van der Waals surface area contributed by atoms with Crippen molar-refractivity contribution in [2.24, 2.45) is 0 Å². The van der Waals surface area contributed by atoms with Gasteiger partial charge >= 0.3 is 6.61 Å². The smallest absolute Gasteiger partial charge is 0.387 e. The fourth-order valence-electron chi connectivity index (χ4n) is 1.56. The van der Waals surface area contributed by atoms with Crippen LogP contribution in [0.3, 0.4) is 0 Å². The standard InChI is InChI=1S/C14H9BrF3NO2/c15-11-6-1-8(7-12(11)16)13(20)19-9-2-4-10(5-3-9)21-14(17)18/h1-7,14H,(H,19,20). The lowest BCUT2D eigenvalue weighted by Gasteiger charge is -2.08. The SMILES string of the molecule is O=C(Nc1ccc(OC(F)F)cc1)c1ccc(Br)c(F)c1. The second kappa shape index (κ2) is 6.62. The molecule has 0 unspecified atom stereocenters. The number of alkyl halides is 2. The number of amides is 1. The van der Waals surface area contributed by atoms with Crippen LogP contribution in [-0.4, -0.2) is 12.5 Å². The third kappa shape index (κ3) is 4.22. The zero-order valence-electron chi connectivity index (χ0n) is 10.4. The first-order chi connectivity index (χ1) is 9.95. The fraction of sp³-hybridized carbons (Fsp3) is 0.0714. The van der Waals surface area contributed by atoms with Crippen molar-refractivity contribution in [3.63, 3.8) is 0 Å². The number of hydrogen-bond donors (Lipinski definition) is 1. The second-order valence-corrected chi connectivity index (χ2v) is 4.84. The van der Waals surface area contributed by atoms with Crippen LogP contribution < -0.4 is 10.1 Å². The van der Waals surface area contributed by atoms with Gasteiger partial charge in [0.1, 0.15) is 11.6 Å². The highest BCUT2D eigenvalue weighted by molar-refractivity contribution is 9.10. The average molecular weight is 360 g/mol. The lowest BCUT2D eigenvalue weighted by atomic mass is 10.2. The Hall–Kier alpha value is -2.02. The van der Waals surface area contributed by atoms with E-state index in [4.69, 9.17) is 0 Å². The minimum Gasteiger partial charge on any atom is -0.435 e. The Morgan fingerprint density at radius 3 is 2.38 bits per heavy atom. The van der Waals surface area contributed by atoms with Gasteiger partial charge in [-0.2, -0.15) is 8.78 Å². The summed E-state index contributed by atoms with van der Waals surface area (Å²) in [5.74, 6) is -1.08. The first-order valence-corrected chi connectivity index (χ1v) is 6.56. The van der Waals surface area contributed by atoms with E-state index < -0.39 is 18.3 Å². The zero-order valence-corrected chi connectivity index (χ0v) is 12.0. The van der Waals surface area contributed by atoms with E-state index in [-0.39, 0.29) is 15.8 Å². The van der Waals surface area contributed by atoms with Crippen molar-refractivity contribution in [3.05, 3.63) is 58.3 Å². The predicted molar refractivity (Wildman–Crippen MR) is 75.1 cm³/mol. The molecule has 0 aromatic heterocycles. The Morgan fingerprint density at radius 1 is 1.14 bits per heavy atom. The molecule has 0 spiro atoms. The lowest BCUT2D eigenvalue weighted by Crippen LogP contribution is -2.12. The van der Waals surface area contributed by atoms with Gasteiger partial charge < -0.3 is 10.1 Å². The van der Waals surface area contributed by atoms with Crippen LogP contribution in [0.2, 0.25) is 0 Å². The van der Waals surface area contributed by atoms with E-state index in [2.05, 4.69) is 26.0 Å². The van der Waals surface area contributed by atoms with Gasteiger partial charge in [0.15, 0.2) is 0 Å². The quantitative estimate of drug-likeness (QED) is 0.876. The molecule has 0 aliphatic heterocycles. The minimum atomic E-state index is -2.91. The van der Waals surface area contributed by atoms with Gasteiger partial charge in [-0.25, -0.2) is 4.39 Å². The van der Waals surface area contributed by atoms with E-state index in [9.17, 15) is 18.0 Å². The number of hydrogen-bond acceptors (Lipinski definition) is 2. The van der Waals surface area contributed by atoms with Crippen molar-refractivity contribution < 1.29 is 22.7 Å². The number of ether oxygens (including phenoxy) is 1. The highest BCUT2D eigenvalue weighted by Gasteiger charge is 2.09. The van der Waals surface area contributed by atoms with Gasteiger partial charge in [-0.3, -0.25) is 4.79 Å². The van der Waals surface area contributed by atoms with E-state index in [0.717, 1.165) is 6.07 Å². The highest BCUT2D eigenvalue weighted by atomic mass is 79.9. The van der Waals surface area contributed by atoms with Crippen LogP contribution in [-0.2, 0) is 0 Å². The van der Waals surface area contributed by atoms with E-state index in [1.165, 1.54) is 36.4 Å². The molecule has 0 radical (unpaired) electrons. The topological polar surface area (TPSA) is 38.3 Å². The number of nitrogens with one attached hydrogen (secondary N) is 1. The van der Waals surface area contributed by atoms with Crippen molar-refractivity contribution in [2.75, 3.05) is 5.32 Å². The zero-order chi connectivity index (χ0) is 15.4. The third-order valence-electron chi connectivity index (χ3n) is 2.52. The number of carbonyl (C=O) groups is 1. The van der Waals surface area contributed by atoms with E-state index in [1.54, 1.807) is 0 Å². The van der Waals surface area contributed by atoms with Crippen LogP contribution in [0.25, 0.3) is 0 Å². The maximum atomic E-state index is 13.3.